The Balaban J connectivity index is -0.000000115. The summed E-state index contributed by atoms with van der Waals surface area (Å²) < 4.78 is 425. The predicted octanol–water partition coefficient (Wildman–Crippen LogP) is 9.49. The van der Waals surface area contributed by atoms with Gasteiger partial charge in [0.25, 0.3) is 0 Å². The van der Waals surface area contributed by atoms with Crippen molar-refractivity contribution >= 4 is 114 Å². The molecule has 119 heavy (non-hydrogen) atoms. The highest BCUT2D eigenvalue weighted by Gasteiger charge is 2.64. The second-order valence-electron chi connectivity index (χ2n) is 23.4. The third-order valence-corrected chi connectivity index (χ3v) is 18.7. The molecule has 0 bridgehead atoms. The Morgan fingerprint density at radius 3 is 0.815 bits per heavy atom. The number of ether oxygens (including phenoxy) is 10. The van der Waals surface area contributed by atoms with Crippen molar-refractivity contribution in [3.63, 3.8) is 0 Å². The fourth-order valence-electron chi connectivity index (χ4n) is 4.61. The van der Waals surface area contributed by atoms with Crippen molar-refractivity contribution in [3.8, 4) is 0 Å². The summed E-state index contributed by atoms with van der Waals surface area (Å²) in [6.07, 6.45) is -2.73. The SMILES string of the molecule is C.C.C.C.C.C.CCC(C)(C)C(=O)OCCCCOC(=O)C(F)(F)S(=O)(=O)[O-].CCC(C)(C)C(=O)OCCOC(=O)C(F)(F)S(=O)(=O)[O-].CCC(C)C(=O)OCC(F)(F)C(F)(F)S(=O)(=O)[O-].CCC(C)C(=O)OCC(F)(F)S(=O)(=O)[O-].CCC(C)C(=O)OCCOC(F)(F)C(F)(F)S(=O)(=O)[O-].CCC(C)C(=O)OCOC(=O)C(F)(F)S(=O)(=O)[O-]. The van der Waals surface area contributed by atoms with Crippen LogP contribution >= 0.6 is 0 Å². The summed E-state index contributed by atoms with van der Waals surface area (Å²) >= 11 is 0. The molecular weight excluding hydrogens is 1810 g/mol. The van der Waals surface area contributed by atoms with Crippen LogP contribution in [0.4, 0.5) is 70.2 Å². The molecule has 0 heterocycles. The maximum Gasteiger partial charge on any atom is 0.433 e. The Morgan fingerprint density at radius 2 is 0.546 bits per heavy atom. The fourth-order valence-corrected chi connectivity index (χ4v) is 6.38. The van der Waals surface area contributed by atoms with Gasteiger partial charge in [0, 0.05) is 0 Å². The topological polar surface area (TPSA) is 589 Å². The first kappa shape index (κ1) is 139. The molecule has 0 aromatic carbocycles. The summed E-state index contributed by atoms with van der Waals surface area (Å²) in [5.41, 5.74) is -1.41. The summed E-state index contributed by atoms with van der Waals surface area (Å²) in [6.45, 7) is 13.5. The number of alkyl halides is 16. The number of esters is 9. The van der Waals surface area contributed by atoms with Gasteiger partial charge in [0.1, 0.15) is 19.8 Å². The van der Waals surface area contributed by atoms with Gasteiger partial charge in [-0.05, 0) is 79.1 Å². The van der Waals surface area contributed by atoms with Gasteiger partial charge < -0.3 is 74.7 Å². The maximum atomic E-state index is 12.8. The molecule has 59 heteroatoms. The lowest BCUT2D eigenvalue weighted by Gasteiger charge is -2.28. The summed E-state index contributed by atoms with van der Waals surface area (Å²) in [6, 6.07) is 0. The molecule has 37 nitrogen and oxygen atoms in total. The van der Waals surface area contributed by atoms with Gasteiger partial charge in [-0.25, -0.2) is 64.9 Å². The van der Waals surface area contributed by atoms with E-state index in [9.17, 15) is 191 Å². The third-order valence-electron chi connectivity index (χ3n) is 13.7. The van der Waals surface area contributed by atoms with E-state index in [-0.39, 0.29) is 70.4 Å². The smallest absolute Gasteiger partial charge is 0.433 e. The number of unbranched alkanes of at least 4 members (excludes halogenated alkanes) is 1. The Morgan fingerprint density at radius 1 is 0.303 bits per heavy atom. The van der Waals surface area contributed by atoms with Crippen molar-refractivity contribution in [2.75, 3.05) is 59.6 Å². The van der Waals surface area contributed by atoms with Crippen LogP contribution in [0.3, 0.4) is 0 Å². The average molecular weight is 1910 g/mol. The van der Waals surface area contributed by atoms with Gasteiger partial charge in [0.05, 0.1) is 54.3 Å². The van der Waals surface area contributed by atoms with Crippen LogP contribution in [0.1, 0.15) is 193 Å². The molecule has 0 aliphatic heterocycles. The summed E-state index contributed by atoms with van der Waals surface area (Å²) in [5, 5.41) is -31.8. The molecule has 0 fully saturated rings. The molecular formula is C60H104F16O37S6-6. The van der Waals surface area contributed by atoms with Crippen LogP contribution in [0.2, 0.25) is 0 Å². The second-order valence-corrected chi connectivity index (χ2v) is 32.0. The molecule has 4 unspecified atom stereocenters. The highest BCUT2D eigenvalue weighted by Crippen LogP contribution is 2.40. The van der Waals surface area contributed by atoms with E-state index in [1.165, 1.54) is 34.6 Å². The van der Waals surface area contributed by atoms with Crippen molar-refractivity contribution in [3.05, 3.63) is 0 Å². The van der Waals surface area contributed by atoms with Crippen molar-refractivity contribution in [2.45, 2.75) is 236 Å². The molecule has 0 radical (unpaired) electrons. The van der Waals surface area contributed by atoms with Gasteiger partial charge in [-0.2, -0.15) is 70.2 Å². The minimum Gasteiger partial charge on any atom is -0.743 e. The van der Waals surface area contributed by atoms with E-state index in [2.05, 4.69) is 42.6 Å². The van der Waals surface area contributed by atoms with Crippen LogP contribution in [0.5, 0.6) is 0 Å². The van der Waals surface area contributed by atoms with Gasteiger partial charge in [-0.15, -0.1) is 0 Å². The van der Waals surface area contributed by atoms with Crippen LogP contribution < -0.4 is 0 Å². The molecule has 0 rings (SSSR count). The van der Waals surface area contributed by atoms with E-state index >= 15 is 0 Å². The van der Waals surface area contributed by atoms with E-state index in [4.69, 9.17) is 4.74 Å². The van der Waals surface area contributed by atoms with Crippen LogP contribution in [-0.2, 0) is 151 Å². The molecule has 0 spiro atoms. The number of carbonyl (C=O) groups excluding carboxylic acids is 9. The lowest BCUT2D eigenvalue weighted by Crippen LogP contribution is -2.50. The summed E-state index contributed by atoms with van der Waals surface area (Å²) in [4.78, 5) is 99.1. The quantitative estimate of drug-likeness (QED) is 0.0137. The van der Waals surface area contributed by atoms with E-state index < -0.39 is 246 Å². The third kappa shape index (κ3) is 47.7. The number of carbonyl (C=O) groups is 9. The van der Waals surface area contributed by atoms with Gasteiger partial charge in [-0.1, -0.05) is 114 Å². The average Bonchev–Trinajstić information content (AvgIpc) is 0.782. The normalized spacial score (nSPS) is 13.3. The first-order valence-corrected chi connectivity index (χ1v) is 39.5. The Kier molecular flexibility index (Phi) is 65.6. The van der Waals surface area contributed by atoms with Crippen molar-refractivity contribution < 1.29 is 239 Å². The Hall–Kier alpha value is -6.47. The minimum atomic E-state index is -6.60. The fraction of sp³-hybridized carbons (Fsp3) is 0.850. The van der Waals surface area contributed by atoms with Crippen molar-refractivity contribution in [2.24, 2.45) is 34.5 Å². The van der Waals surface area contributed by atoms with E-state index in [0.29, 0.717) is 32.1 Å². The van der Waals surface area contributed by atoms with E-state index in [1.54, 1.807) is 55.4 Å². The first-order valence-electron chi connectivity index (χ1n) is 31.0. The molecule has 0 saturated carbocycles. The Bertz CT molecular complexity index is 3810. The predicted molar refractivity (Wildman–Crippen MR) is 373 cm³/mol. The molecule has 0 aromatic heterocycles. The molecule has 0 amide bonds. The summed E-state index contributed by atoms with van der Waals surface area (Å²) in [7, 11) is -37.4. The van der Waals surface area contributed by atoms with Gasteiger partial charge in [-0.3, -0.25) is 28.8 Å². The number of halogens is 16. The number of rotatable bonds is 41. The lowest BCUT2D eigenvalue weighted by atomic mass is 9.91. The monoisotopic (exact) mass is 1910 g/mol. The molecule has 0 N–H and O–H groups in total. The van der Waals surface area contributed by atoms with Crippen LogP contribution in [0.15, 0.2) is 0 Å². The summed E-state index contributed by atoms with van der Waals surface area (Å²) in [5.74, 6) is -20.0. The molecule has 0 saturated heterocycles. The zero-order valence-electron chi connectivity index (χ0n) is 61.4. The van der Waals surface area contributed by atoms with E-state index in [0.717, 1.165) is 0 Å². The van der Waals surface area contributed by atoms with E-state index in [1.807, 2.05) is 6.92 Å². The zero-order valence-corrected chi connectivity index (χ0v) is 66.3. The van der Waals surface area contributed by atoms with Crippen molar-refractivity contribution in [1.29, 1.82) is 0 Å². The highest BCUT2D eigenvalue weighted by atomic mass is 32.2. The lowest BCUT2D eigenvalue weighted by molar-refractivity contribution is -0.320. The van der Waals surface area contributed by atoms with Gasteiger partial charge in [0.2, 0.25) is 6.79 Å². The molecule has 720 valence electrons. The largest absolute Gasteiger partial charge is 0.743 e. The first-order chi connectivity index (χ1) is 50.1. The standard InChI is InChI=1S/C12H20F2O7S.C10H16F2O7S.C9H14F4O6S.C8H12F4O5S.C8H12F2O7S.C7H12F2O5S.6CH4/c1-4-11(2,3)9(15)20-7-5-6-8-21-10(16)12(13,14)22(17,18)19;1-4-9(2,3)7(13)18-5-6-19-8(14)10(11,12)20(15,16)17;1-3-6(2)7(14)18-4-5-19-8(10,11)9(12,13)20(15,16)17;1-3-5(2)6(13)17-4-7(9,10)8(11,12)18(14,15)16;1-3-5(2)6(11)16-4-17-7(12)8(9,10)18(13,14)15;1-3-5(2)6(10)14-4-7(8,9)15(11,12)13;;;;;;/h4-8H2,1-3H3,(H,17,18,19);4-6H2,1-3H3,(H,15,16,17);6H,3-5H2,1-2H3,(H,15,16,17);5H,3-4H2,1-2H3,(H,14,15,16);5H,3-4H2,1-2H3,(H,13,14,15);5H,3-4H2,1-2H3,(H,11,12,13);6*1H4/p-6. The number of hydrogen-bond acceptors (Lipinski definition) is 37. The van der Waals surface area contributed by atoms with Gasteiger partial charge in [0.15, 0.2) is 73.9 Å². The van der Waals surface area contributed by atoms with Crippen LogP contribution in [0, 0.1) is 34.5 Å². The number of hydrogen-bond donors (Lipinski definition) is 0. The van der Waals surface area contributed by atoms with Crippen LogP contribution in [-0.4, -0.2) is 235 Å². The minimum absolute atomic E-state index is 0. The second kappa shape index (κ2) is 56.3. The molecule has 0 aliphatic carbocycles. The molecule has 0 aliphatic rings. The van der Waals surface area contributed by atoms with Gasteiger partial charge >= 0.3 is 97.3 Å². The zero-order chi connectivity index (χ0) is 91.6. The Labute approximate surface area is 680 Å². The molecule has 0 aromatic rings. The maximum absolute atomic E-state index is 12.8. The van der Waals surface area contributed by atoms with Crippen molar-refractivity contribution in [1.82, 2.24) is 0 Å². The van der Waals surface area contributed by atoms with Crippen LogP contribution in [0.25, 0.3) is 0 Å². The highest BCUT2D eigenvalue weighted by molar-refractivity contribution is 7.88. The molecule has 4 atom stereocenters.